The van der Waals surface area contributed by atoms with Crippen LogP contribution in [0.4, 0.5) is 0 Å². The molecule has 2 aliphatic rings. The standard InChI is InChI=1S/C14H20N2O5S/c1-4-9-10-7-11(22(20)6-5-15-8(2)17)12(14(19)21-3)16(10)13(9)18/h9-10H,4-7H2,1-3H3,(H,15,17). The van der Waals surface area contributed by atoms with E-state index >= 15 is 0 Å². The minimum absolute atomic E-state index is 0.0914. The van der Waals surface area contributed by atoms with E-state index in [4.69, 9.17) is 4.74 Å². The number of carbonyl (C=O) groups is 3. The molecule has 3 atom stereocenters. The number of amides is 2. The number of hydrogen-bond donors (Lipinski definition) is 1. The lowest BCUT2D eigenvalue weighted by atomic mass is 9.85. The zero-order valence-corrected chi connectivity index (χ0v) is 13.7. The van der Waals surface area contributed by atoms with Gasteiger partial charge >= 0.3 is 5.97 Å². The summed E-state index contributed by atoms with van der Waals surface area (Å²) in [6.45, 7) is 3.56. The van der Waals surface area contributed by atoms with Gasteiger partial charge in [0.25, 0.3) is 0 Å². The molecule has 0 aromatic rings. The van der Waals surface area contributed by atoms with Crippen LogP contribution in [0.3, 0.4) is 0 Å². The van der Waals surface area contributed by atoms with Crippen molar-refractivity contribution < 1.29 is 23.7 Å². The predicted molar refractivity (Wildman–Crippen MR) is 79.8 cm³/mol. The number of nitrogens with one attached hydrogen (secondary N) is 1. The number of carbonyl (C=O) groups excluding carboxylic acids is 3. The van der Waals surface area contributed by atoms with Gasteiger partial charge in [-0.25, -0.2) is 4.79 Å². The molecule has 0 aromatic heterocycles. The summed E-state index contributed by atoms with van der Waals surface area (Å²) in [5, 5.41) is 2.57. The molecule has 1 N–H and O–H groups in total. The number of esters is 1. The number of methoxy groups -OCH3 is 1. The summed E-state index contributed by atoms with van der Waals surface area (Å²) in [6.07, 6.45) is 1.13. The molecule has 0 aromatic carbocycles. The molecule has 0 aliphatic carbocycles. The third-order valence-corrected chi connectivity index (χ3v) is 5.49. The lowest BCUT2D eigenvalue weighted by molar-refractivity contribution is -0.155. The Kier molecular flexibility index (Phi) is 5.12. The maximum atomic E-state index is 12.4. The van der Waals surface area contributed by atoms with Crippen molar-refractivity contribution >= 4 is 29.0 Å². The maximum absolute atomic E-state index is 12.4. The number of β-lactam (4-membered cyclic amide) rings is 1. The molecule has 3 unspecified atom stereocenters. The topological polar surface area (TPSA) is 98.8 Å². The van der Waals surface area contributed by atoms with E-state index in [0.717, 1.165) is 0 Å². The van der Waals surface area contributed by atoms with Gasteiger partial charge in [0.15, 0.2) is 10.6 Å². The van der Waals surface area contributed by atoms with Gasteiger partial charge in [0, 0.05) is 13.3 Å². The molecule has 0 radical (unpaired) electrons. The van der Waals surface area contributed by atoms with Crippen molar-refractivity contribution in [3.63, 3.8) is 0 Å². The second-order valence-electron chi connectivity index (χ2n) is 5.29. The third kappa shape index (κ3) is 2.85. The lowest BCUT2D eigenvalue weighted by Crippen LogP contribution is -2.58. The quantitative estimate of drug-likeness (QED) is 0.417. The number of hydrogen-bond acceptors (Lipinski definition) is 5. The Hall–Kier alpha value is -1.54. The van der Waals surface area contributed by atoms with Crippen molar-refractivity contribution in [3.05, 3.63) is 10.6 Å². The minimum Gasteiger partial charge on any atom is -0.612 e. The number of nitrogens with zero attached hydrogens (tertiary/aromatic N) is 1. The third-order valence-electron chi connectivity index (χ3n) is 4.01. The molecule has 1 fully saturated rings. The molecule has 2 heterocycles. The van der Waals surface area contributed by atoms with Crippen LogP contribution in [0.25, 0.3) is 0 Å². The normalized spacial score (nSPS) is 24.7. The van der Waals surface area contributed by atoms with E-state index in [1.165, 1.54) is 18.9 Å². The molecule has 8 heteroatoms. The first-order valence-electron chi connectivity index (χ1n) is 7.19. The molecule has 22 heavy (non-hydrogen) atoms. The summed E-state index contributed by atoms with van der Waals surface area (Å²) in [6, 6.07) is -0.0914. The van der Waals surface area contributed by atoms with Crippen LogP contribution >= 0.6 is 0 Å². The smallest absolute Gasteiger partial charge is 0.359 e. The van der Waals surface area contributed by atoms with Crippen LogP contribution in [0.15, 0.2) is 10.6 Å². The van der Waals surface area contributed by atoms with E-state index in [1.54, 1.807) is 0 Å². The Morgan fingerprint density at radius 2 is 2.18 bits per heavy atom. The molecule has 2 rings (SSSR count). The molecular formula is C14H20N2O5S. The fourth-order valence-corrected chi connectivity index (χ4v) is 4.22. The molecule has 122 valence electrons. The highest BCUT2D eigenvalue weighted by Crippen LogP contribution is 2.45. The zero-order valence-electron chi connectivity index (χ0n) is 12.9. The second-order valence-corrected chi connectivity index (χ2v) is 6.88. The molecule has 0 spiro atoms. The molecular weight excluding hydrogens is 308 g/mol. The first-order chi connectivity index (χ1) is 10.4. The average Bonchev–Trinajstić information content (AvgIpc) is 2.82. The van der Waals surface area contributed by atoms with Gasteiger partial charge in [0.1, 0.15) is 5.75 Å². The number of fused-ring (bicyclic) bond motifs is 1. The van der Waals surface area contributed by atoms with Crippen molar-refractivity contribution in [2.75, 3.05) is 19.4 Å². The van der Waals surface area contributed by atoms with E-state index in [9.17, 15) is 18.9 Å². The zero-order chi connectivity index (χ0) is 16.4. The van der Waals surface area contributed by atoms with Crippen LogP contribution in [-0.2, 0) is 30.3 Å². The molecule has 0 saturated carbocycles. The second kappa shape index (κ2) is 6.70. The average molecular weight is 328 g/mol. The fourth-order valence-electron chi connectivity index (χ4n) is 2.93. The molecule has 2 aliphatic heterocycles. The summed E-state index contributed by atoms with van der Waals surface area (Å²) in [4.78, 5) is 36.8. The van der Waals surface area contributed by atoms with Crippen LogP contribution in [0.1, 0.15) is 26.7 Å². The summed E-state index contributed by atoms with van der Waals surface area (Å²) in [5.74, 6) is -0.851. The largest absolute Gasteiger partial charge is 0.612 e. The molecule has 2 amide bonds. The van der Waals surface area contributed by atoms with Crippen LogP contribution in [0.5, 0.6) is 0 Å². The van der Waals surface area contributed by atoms with Gasteiger partial charge in [-0.1, -0.05) is 6.92 Å². The van der Waals surface area contributed by atoms with Gasteiger partial charge < -0.3 is 14.6 Å². The Morgan fingerprint density at radius 3 is 2.73 bits per heavy atom. The van der Waals surface area contributed by atoms with Gasteiger partial charge in [-0.2, -0.15) is 0 Å². The first-order valence-corrected chi connectivity index (χ1v) is 8.51. The molecule has 1 saturated heterocycles. The van der Waals surface area contributed by atoms with Crippen molar-refractivity contribution in [2.24, 2.45) is 5.92 Å². The summed E-state index contributed by atoms with van der Waals surface area (Å²) >= 11 is -1.43. The highest BCUT2D eigenvalue weighted by Gasteiger charge is 2.57. The van der Waals surface area contributed by atoms with E-state index in [2.05, 4.69) is 5.32 Å². The Morgan fingerprint density at radius 1 is 1.50 bits per heavy atom. The number of ether oxygens (including phenoxy) is 1. The van der Waals surface area contributed by atoms with E-state index < -0.39 is 17.1 Å². The molecule has 7 nitrogen and oxygen atoms in total. The van der Waals surface area contributed by atoms with E-state index in [-0.39, 0.29) is 41.8 Å². The predicted octanol–water partition coefficient (Wildman–Crippen LogP) is -0.103. The van der Waals surface area contributed by atoms with Gasteiger partial charge in [-0.3, -0.25) is 14.5 Å². The number of rotatable bonds is 6. The fraction of sp³-hybridized carbons (Fsp3) is 0.643. The summed E-state index contributed by atoms with van der Waals surface area (Å²) in [7, 11) is 1.24. The first kappa shape index (κ1) is 16.8. The van der Waals surface area contributed by atoms with Crippen LogP contribution in [0, 0.1) is 5.92 Å². The van der Waals surface area contributed by atoms with Crippen LogP contribution in [0.2, 0.25) is 0 Å². The minimum atomic E-state index is -1.43. The maximum Gasteiger partial charge on any atom is 0.359 e. The Bertz CT molecular complexity index is 533. The summed E-state index contributed by atoms with van der Waals surface area (Å²) < 4.78 is 17.2. The van der Waals surface area contributed by atoms with Crippen LogP contribution in [-0.4, -0.2) is 52.7 Å². The van der Waals surface area contributed by atoms with Crippen molar-refractivity contribution in [2.45, 2.75) is 32.7 Å². The van der Waals surface area contributed by atoms with Gasteiger partial charge in [-0.05, 0) is 17.6 Å². The van der Waals surface area contributed by atoms with Crippen molar-refractivity contribution in [3.8, 4) is 0 Å². The Balaban J connectivity index is 2.16. The SMILES string of the molecule is CCC1C(=O)N2C(C(=O)OC)=C([S+]([O-])CCNC(C)=O)CC12. The monoisotopic (exact) mass is 328 g/mol. The van der Waals surface area contributed by atoms with E-state index in [0.29, 0.717) is 17.7 Å². The van der Waals surface area contributed by atoms with Crippen LogP contribution < -0.4 is 5.32 Å². The van der Waals surface area contributed by atoms with Gasteiger partial charge in [-0.15, -0.1) is 0 Å². The van der Waals surface area contributed by atoms with Crippen molar-refractivity contribution in [1.82, 2.24) is 10.2 Å². The lowest BCUT2D eigenvalue weighted by Gasteiger charge is -2.42. The Labute approximate surface area is 132 Å². The summed E-state index contributed by atoms with van der Waals surface area (Å²) in [5.41, 5.74) is 0.128. The van der Waals surface area contributed by atoms with Crippen molar-refractivity contribution in [1.29, 1.82) is 0 Å². The van der Waals surface area contributed by atoms with Gasteiger partial charge in [0.2, 0.25) is 11.8 Å². The van der Waals surface area contributed by atoms with Gasteiger partial charge in [0.05, 0.1) is 25.6 Å². The van der Waals surface area contributed by atoms with E-state index in [1.807, 2.05) is 6.92 Å². The highest BCUT2D eigenvalue weighted by molar-refractivity contribution is 7.95. The molecule has 0 bridgehead atoms. The highest BCUT2D eigenvalue weighted by atomic mass is 32.2.